The van der Waals surface area contributed by atoms with Gasteiger partial charge in [-0.25, -0.2) is 4.98 Å². The summed E-state index contributed by atoms with van der Waals surface area (Å²) in [7, 11) is 0. The second-order valence-electron chi connectivity index (χ2n) is 7.59. The summed E-state index contributed by atoms with van der Waals surface area (Å²) in [5, 5.41) is 0. The van der Waals surface area contributed by atoms with Crippen LogP contribution >= 0.6 is 0 Å². The number of aryl methyl sites for hydroxylation is 2. The molecule has 0 atom stereocenters. The van der Waals surface area contributed by atoms with Gasteiger partial charge in [0.05, 0.1) is 37.2 Å². The van der Waals surface area contributed by atoms with Gasteiger partial charge in [0.15, 0.2) is 0 Å². The molecule has 0 aliphatic carbocycles. The second-order valence-corrected chi connectivity index (χ2v) is 7.59. The maximum Gasteiger partial charge on any atom is 0.274 e. The van der Waals surface area contributed by atoms with Gasteiger partial charge in [-0.2, -0.15) is 0 Å². The number of ether oxygens (including phenoxy) is 1. The number of hydrogen-bond acceptors (Lipinski definition) is 6. The van der Waals surface area contributed by atoms with Crippen molar-refractivity contribution in [3.05, 3.63) is 47.4 Å². The molecule has 7 nitrogen and oxygen atoms in total. The van der Waals surface area contributed by atoms with E-state index in [1.807, 2.05) is 30.9 Å². The van der Waals surface area contributed by atoms with Crippen molar-refractivity contribution in [1.82, 2.24) is 19.8 Å². The highest BCUT2D eigenvalue weighted by molar-refractivity contribution is 5.92. The Balaban J connectivity index is 1.36. The van der Waals surface area contributed by atoms with Crippen LogP contribution in [0.3, 0.4) is 0 Å². The second kappa shape index (κ2) is 7.40. The number of aromatic nitrogens is 2. The number of piperidine rings is 1. The first-order chi connectivity index (χ1) is 13.0. The van der Waals surface area contributed by atoms with Crippen LogP contribution < -0.4 is 0 Å². The van der Waals surface area contributed by atoms with E-state index in [9.17, 15) is 4.79 Å². The Morgan fingerprint density at radius 2 is 1.96 bits per heavy atom. The smallest absolute Gasteiger partial charge is 0.274 e. The molecule has 0 saturated carbocycles. The fraction of sp³-hybridized carbons (Fsp3) is 0.550. The van der Waals surface area contributed by atoms with Crippen LogP contribution in [0.2, 0.25) is 0 Å². The molecule has 0 N–H and O–H groups in total. The molecule has 0 bridgehead atoms. The SMILES string of the molecule is Cc1cnc(C(=O)N2CCOC3(CCN(Cc4ccc(C)o4)CC3)C2)cn1. The number of carbonyl (C=O) groups is 1. The van der Waals surface area contributed by atoms with Crippen LogP contribution in [0.15, 0.2) is 28.9 Å². The molecule has 2 aliphatic heterocycles. The van der Waals surface area contributed by atoms with Crippen LogP contribution in [0.4, 0.5) is 0 Å². The van der Waals surface area contributed by atoms with Gasteiger partial charge in [-0.3, -0.25) is 14.7 Å². The summed E-state index contributed by atoms with van der Waals surface area (Å²) in [6, 6.07) is 4.04. The third-order valence-corrected chi connectivity index (χ3v) is 5.48. The fourth-order valence-corrected chi connectivity index (χ4v) is 3.89. The minimum atomic E-state index is -0.248. The van der Waals surface area contributed by atoms with E-state index in [1.165, 1.54) is 0 Å². The molecule has 1 spiro atoms. The molecular weight excluding hydrogens is 344 g/mol. The summed E-state index contributed by atoms with van der Waals surface area (Å²) < 4.78 is 11.9. The van der Waals surface area contributed by atoms with Gasteiger partial charge >= 0.3 is 0 Å². The molecule has 2 saturated heterocycles. The Morgan fingerprint density at radius 3 is 2.63 bits per heavy atom. The number of nitrogens with zero attached hydrogens (tertiary/aromatic N) is 4. The monoisotopic (exact) mass is 370 g/mol. The van der Waals surface area contributed by atoms with Crippen molar-refractivity contribution >= 4 is 5.91 Å². The highest BCUT2D eigenvalue weighted by atomic mass is 16.5. The summed E-state index contributed by atoms with van der Waals surface area (Å²) in [6.07, 6.45) is 5.03. The van der Waals surface area contributed by atoms with E-state index in [0.29, 0.717) is 25.4 Å². The van der Waals surface area contributed by atoms with Gasteiger partial charge in [-0.15, -0.1) is 0 Å². The number of hydrogen-bond donors (Lipinski definition) is 0. The van der Waals surface area contributed by atoms with Crippen molar-refractivity contribution in [2.45, 2.75) is 38.8 Å². The van der Waals surface area contributed by atoms with E-state index in [2.05, 4.69) is 14.9 Å². The summed E-state index contributed by atoms with van der Waals surface area (Å²) in [4.78, 5) is 25.5. The summed E-state index contributed by atoms with van der Waals surface area (Å²) in [5.41, 5.74) is 0.967. The molecule has 2 aliphatic rings. The van der Waals surface area contributed by atoms with Crippen molar-refractivity contribution in [3.8, 4) is 0 Å². The lowest BCUT2D eigenvalue weighted by Crippen LogP contribution is -2.58. The van der Waals surface area contributed by atoms with Crippen LogP contribution in [0.25, 0.3) is 0 Å². The average Bonchev–Trinajstić information content (AvgIpc) is 3.09. The Labute approximate surface area is 159 Å². The predicted molar refractivity (Wildman–Crippen MR) is 99.3 cm³/mol. The van der Waals surface area contributed by atoms with E-state index in [4.69, 9.17) is 9.15 Å². The number of amides is 1. The quantitative estimate of drug-likeness (QED) is 0.825. The van der Waals surface area contributed by atoms with Gasteiger partial charge in [0.25, 0.3) is 5.91 Å². The van der Waals surface area contributed by atoms with Crippen molar-refractivity contribution in [2.75, 3.05) is 32.8 Å². The van der Waals surface area contributed by atoms with E-state index in [-0.39, 0.29) is 11.5 Å². The van der Waals surface area contributed by atoms with Gasteiger partial charge in [0, 0.05) is 25.8 Å². The van der Waals surface area contributed by atoms with Gasteiger partial charge in [-0.05, 0) is 38.8 Å². The van der Waals surface area contributed by atoms with E-state index >= 15 is 0 Å². The molecule has 0 aromatic carbocycles. The van der Waals surface area contributed by atoms with Gasteiger partial charge < -0.3 is 14.1 Å². The highest BCUT2D eigenvalue weighted by Gasteiger charge is 2.41. The zero-order valence-corrected chi connectivity index (χ0v) is 16.0. The molecule has 1 amide bonds. The lowest BCUT2D eigenvalue weighted by atomic mass is 9.89. The lowest BCUT2D eigenvalue weighted by molar-refractivity contribution is -0.128. The largest absolute Gasteiger partial charge is 0.465 e. The van der Waals surface area contributed by atoms with Crippen molar-refractivity contribution < 1.29 is 13.9 Å². The Kier molecular flexibility index (Phi) is 4.97. The predicted octanol–water partition coefficient (Wildman–Crippen LogP) is 2.19. The standard InChI is InChI=1S/C20H26N4O3/c1-15-11-22-18(12-21-15)19(25)24-9-10-26-20(14-24)5-7-23(8-6-20)13-17-4-3-16(2)27-17/h3-4,11-12H,5-10,13-14H2,1-2H3. The summed E-state index contributed by atoms with van der Waals surface area (Å²) in [5.74, 6) is 1.89. The van der Waals surface area contributed by atoms with Crippen LogP contribution in [-0.4, -0.2) is 64.1 Å². The fourth-order valence-electron chi connectivity index (χ4n) is 3.89. The van der Waals surface area contributed by atoms with Crippen molar-refractivity contribution in [1.29, 1.82) is 0 Å². The highest BCUT2D eigenvalue weighted by Crippen LogP contribution is 2.31. The Morgan fingerprint density at radius 1 is 1.15 bits per heavy atom. The minimum absolute atomic E-state index is 0.0568. The Bertz CT molecular complexity index is 794. The van der Waals surface area contributed by atoms with Crippen LogP contribution in [0.1, 0.15) is 40.5 Å². The van der Waals surface area contributed by atoms with E-state index < -0.39 is 0 Å². The normalized spacial score (nSPS) is 20.1. The molecule has 0 unspecified atom stereocenters. The number of carbonyl (C=O) groups excluding carboxylic acids is 1. The van der Waals surface area contributed by atoms with E-state index in [1.54, 1.807) is 12.4 Å². The summed E-state index contributed by atoms with van der Waals surface area (Å²) in [6.45, 7) is 8.32. The molecule has 2 aromatic rings. The van der Waals surface area contributed by atoms with Gasteiger partial charge in [0.2, 0.25) is 0 Å². The summed E-state index contributed by atoms with van der Waals surface area (Å²) >= 11 is 0. The molecular formula is C20H26N4O3. The van der Waals surface area contributed by atoms with Crippen molar-refractivity contribution in [3.63, 3.8) is 0 Å². The minimum Gasteiger partial charge on any atom is -0.465 e. The topological polar surface area (TPSA) is 71.7 Å². The number of likely N-dealkylation sites (tertiary alicyclic amines) is 1. The maximum absolute atomic E-state index is 12.8. The molecule has 2 fully saturated rings. The maximum atomic E-state index is 12.8. The first-order valence-electron chi connectivity index (χ1n) is 9.53. The lowest BCUT2D eigenvalue weighted by Gasteiger charge is -2.47. The third-order valence-electron chi connectivity index (χ3n) is 5.48. The van der Waals surface area contributed by atoms with Gasteiger partial charge in [-0.1, -0.05) is 0 Å². The van der Waals surface area contributed by atoms with Crippen LogP contribution in [0, 0.1) is 13.8 Å². The molecule has 2 aromatic heterocycles. The molecule has 4 heterocycles. The van der Waals surface area contributed by atoms with Crippen LogP contribution in [-0.2, 0) is 11.3 Å². The van der Waals surface area contributed by atoms with Gasteiger partial charge in [0.1, 0.15) is 17.2 Å². The van der Waals surface area contributed by atoms with E-state index in [0.717, 1.165) is 49.7 Å². The molecule has 4 rings (SSSR count). The van der Waals surface area contributed by atoms with Crippen molar-refractivity contribution in [2.24, 2.45) is 0 Å². The average molecular weight is 370 g/mol. The molecule has 7 heteroatoms. The Hall–Kier alpha value is -2.25. The molecule has 144 valence electrons. The molecule has 0 radical (unpaired) electrons. The zero-order valence-electron chi connectivity index (χ0n) is 16.0. The first-order valence-corrected chi connectivity index (χ1v) is 9.53. The number of morpholine rings is 1. The number of furan rings is 1. The number of rotatable bonds is 3. The third kappa shape index (κ3) is 4.04. The first kappa shape index (κ1) is 18.1. The molecule has 27 heavy (non-hydrogen) atoms. The zero-order chi connectivity index (χ0) is 18.9. The van der Waals surface area contributed by atoms with Crippen LogP contribution in [0.5, 0.6) is 0 Å².